The van der Waals surface area contributed by atoms with Crippen LogP contribution < -0.4 is 5.32 Å². The molecule has 0 saturated heterocycles. The number of nitrogens with one attached hydrogen (secondary N) is 1. The fourth-order valence-corrected chi connectivity index (χ4v) is 1.17. The van der Waals surface area contributed by atoms with Crippen LogP contribution in [-0.4, -0.2) is 28.6 Å². The second-order valence-corrected chi connectivity index (χ2v) is 3.75. The van der Waals surface area contributed by atoms with Crippen LogP contribution in [0.2, 0.25) is 0 Å². The normalized spacial score (nSPS) is 12.5. The zero-order chi connectivity index (χ0) is 11.3. The highest BCUT2D eigenvalue weighted by Crippen LogP contribution is 2.03. The number of pyridine rings is 1. The number of carbonyl (C=O) groups excluding carboxylic acids is 1. The predicted molar refractivity (Wildman–Crippen MR) is 57.4 cm³/mol. The third-order valence-electron chi connectivity index (χ3n) is 2.24. The van der Waals surface area contributed by atoms with Gasteiger partial charge in [-0.15, -0.1) is 0 Å². The fraction of sp³-hybridized carbons (Fsp3) is 0.455. The van der Waals surface area contributed by atoms with Gasteiger partial charge in [-0.1, -0.05) is 13.8 Å². The number of aromatic nitrogens is 1. The monoisotopic (exact) mass is 208 g/mol. The Hall–Kier alpha value is -1.42. The van der Waals surface area contributed by atoms with E-state index in [1.807, 2.05) is 13.8 Å². The van der Waals surface area contributed by atoms with E-state index in [2.05, 4.69) is 10.3 Å². The average Bonchev–Trinajstić information content (AvgIpc) is 2.26. The summed E-state index contributed by atoms with van der Waals surface area (Å²) in [6.45, 7) is 3.85. The van der Waals surface area contributed by atoms with Crippen molar-refractivity contribution in [2.45, 2.75) is 19.9 Å². The summed E-state index contributed by atoms with van der Waals surface area (Å²) in [7, 11) is 0. The van der Waals surface area contributed by atoms with Gasteiger partial charge in [0.1, 0.15) is 0 Å². The maximum atomic E-state index is 11.7. The van der Waals surface area contributed by atoms with E-state index < -0.39 is 0 Å². The molecule has 1 unspecified atom stereocenters. The lowest BCUT2D eigenvalue weighted by Gasteiger charge is -2.19. The van der Waals surface area contributed by atoms with Crippen LogP contribution in [0, 0.1) is 5.92 Å². The van der Waals surface area contributed by atoms with Crippen molar-refractivity contribution in [1.29, 1.82) is 0 Å². The minimum absolute atomic E-state index is 0.0519. The summed E-state index contributed by atoms with van der Waals surface area (Å²) in [6.07, 6.45) is 3.12. The zero-order valence-corrected chi connectivity index (χ0v) is 8.97. The molecule has 4 nitrogen and oxygen atoms in total. The van der Waals surface area contributed by atoms with Crippen molar-refractivity contribution in [3.05, 3.63) is 30.1 Å². The molecule has 0 aliphatic rings. The number of hydrogen-bond donors (Lipinski definition) is 2. The average molecular weight is 208 g/mol. The quantitative estimate of drug-likeness (QED) is 0.770. The molecule has 1 heterocycles. The minimum atomic E-state index is -0.210. The Morgan fingerprint density at radius 3 is 2.80 bits per heavy atom. The summed E-state index contributed by atoms with van der Waals surface area (Å²) < 4.78 is 0. The van der Waals surface area contributed by atoms with Crippen LogP contribution in [-0.2, 0) is 0 Å². The topological polar surface area (TPSA) is 62.2 Å². The lowest BCUT2D eigenvalue weighted by atomic mass is 10.1. The van der Waals surface area contributed by atoms with Crippen LogP contribution >= 0.6 is 0 Å². The Bertz CT molecular complexity index is 312. The summed E-state index contributed by atoms with van der Waals surface area (Å²) in [5, 5.41) is 11.8. The number of nitrogens with zero attached hydrogens (tertiary/aromatic N) is 1. The van der Waals surface area contributed by atoms with Crippen LogP contribution in [0.15, 0.2) is 24.5 Å². The Balaban J connectivity index is 2.63. The van der Waals surface area contributed by atoms with E-state index in [0.29, 0.717) is 5.56 Å². The van der Waals surface area contributed by atoms with Gasteiger partial charge in [-0.25, -0.2) is 0 Å². The summed E-state index contributed by atoms with van der Waals surface area (Å²) in [6, 6.07) is 3.19. The van der Waals surface area contributed by atoms with Gasteiger partial charge in [-0.3, -0.25) is 9.78 Å². The maximum Gasteiger partial charge on any atom is 0.253 e. The van der Waals surface area contributed by atoms with E-state index in [1.54, 1.807) is 18.3 Å². The highest BCUT2D eigenvalue weighted by atomic mass is 16.3. The molecule has 15 heavy (non-hydrogen) atoms. The summed E-state index contributed by atoms with van der Waals surface area (Å²) in [5.41, 5.74) is 0.511. The molecule has 0 saturated carbocycles. The van der Waals surface area contributed by atoms with Crippen molar-refractivity contribution in [3.63, 3.8) is 0 Å². The van der Waals surface area contributed by atoms with Crippen molar-refractivity contribution in [2.24, 2.45) is 5.92 Å². The van der Waals surface area contributed by atoms with Gasteiger partial charge >= 0.3 is 0 Å². The molecule has 2 N–H and O–H groups in total. The molecule has 1 atom stereocenters. The maximum absolute atomic E-state index is 11.7. The van der Waals surface area contributed by atoms with Gasteiger partial charge in [0.05, 0.1) is 18.2 Å². The standard InChI is InChI=1S/C11H16N2O2/c1-8(2)10(7-14)13-11(15)9-4-3-5-12-6-9/h3-6,8,10,14H,7H2,1-2H3,(H,13,15). The molecule has 1 rings (SSSR count). The first-order valence-electron chi connectivity index (χ1n) is 4.97. The number of aliphatic hydroxyl groups excluding tert-OH is 1. The molecule has 0 aliphatic heterocycles. The van der Waals surface area contributed by atoms with Gasteiger partial charge in [0.25, 0.3) is 5.91 Å². The molecule has 1 aromatic rings. The summed E-state index contributed by atoms with van der Waals surface area (Å²) in [4.78, 5) is 15.5. The summed E-state index contributed by atoms with van der Waals surface area (Å²) >= 11 is 0. The molecule has 1 aromatic heterocycles. The smallest absolute Gasteiger partial charge is 0.253 e. The van der Waals surface area contributed by atoms with E-state index >= 15 is 0 Å². The first-order chi connectivity index (χ1) is 7.15. The molecule has 1 amide bonds. The molecule has 0 radical (unpaired) electrons. The fourth-order valence-electron chi connectivity index (χ4n) is 1.17. The van der Waals surface area contributed by atoms with Crippen molar-refractivity contribution < 1.29 is 9.90 Å². The van der Waals surface area contributed by atoms with E-state index in [0.717, 1.165) is 0 Å². The van der Waals surface area contributed by atoms with Gasteiger partial charge in [-0.2, -0.15) is 0 Å². The summed E-state index contributed by atoms with van der Waals surface area (Å²) in [5.74, 6) is 0.00599. The third-order valence-corrected chi connectivity index (χ3v) is 2.24. The second-order valence-electron chi connectivity index (χ2n) is 3.75. The number of amides is 1. The van der Waals surface area contributed by atoms with Crippen LogP contribution in [0.25, 0.3) is 0 Å². The molecular formula is C11H16N2O2. The van der Waals surface area contributed by atoms with Crippen LogP contribution in [0.4, 0.5) is 0 Å². The molecule has 4 heteroatoms. The Morgan fingerprint density at radius 1 is 1.60 bits per heavy atom. The molecule has 0 spiro atoms. The van der Waals surface area contributed by atoms with Crippen LogP contribution in [0.3, 0.4) is 0 Å². The Labute approximate surface area is 89.3 Å². The zero-order valence-electron chi connectivity index (χ0n) is 8.97. The highest BCUT2D eigenvalue weighted by molar-refractivity contribution is 5.94. The number of hydrogen-bond acceptors (Lipinski definition) is 3. The van der Waals surface area contributed by atoms with E-state index in [1.165, 1.54) is 6.20 Å². The van der Waals surface area contributed by atoms with E-state index in [9.17, 15) is 4.79 Å². The molecule has 0 aliphatic carbocycles. The van der Waals surface area contributed by atoms with Crippen LogP contribution in [0.5, 0.6) is 0 Å². The van der Waals surface area contributed by atoms with Gasteiger partial charge in [0.15, 0.2) is 0 Å². The first kappa shape index (κ1) is 11.7. The lowest BCUT2D eigenvalue weighted by Crippen LogP contribution is -2.41. The van der Waals surface area contributed by atoms with Crippen molar-refractivity contribution in [1.82, 2.24) is 10.3 Å². The lowest BCUT2D eigenvalue weighted by molar-refractivity contribution is 0.0896. The van der Waals surface area contributed by atoms with E-state index in [4.69, 9.17) is 5.11 Å². The first-order valence-corrected chi connectivity index (χ1v) is 4.97. The number of rotatable bonds is 4. The highest BCUT2D eigenvalue weighted by Gasteiger charge is 2.15. The van der Waals surface area contributed by atoms with Gasteiger partial charge < -0.3 is 10.4 Å². The number of carbonyl (C=O) groups is 1. The van der Waals surface area contributed by atoms with Gasteiger partial charge in [-0.05, 0) is 18.1 Å². The number of aliphatic hydroxyl groups is 1. The predicted octanol–water partition coefficient (Wildman–Crippen LogP) is 0.828. The van der Waals surface area contributed by atoms with Crippen LogP contribution in [0.1, 0.15) is 24.2 Å². The molecular weight excluding hydrogens is 192 g/mol. The van der Waals surface area contributed by atoms with Crippen molar-refractivity contribution >= 4 is 5.91 Å². The molecule has 0 aromatic carbocycles. The Morgan fingerprint density at radius 2 is 2.33 bits per heavy atom. The van der Waals surface area contributed by atoms with Crippen molar-refractivity contribution in [2.75, 3.05) is 6.61 Å². The van der Waals surface area contributed by atoms with Gasteiger partial charge in [0.2, 0.25) is 0 Å². The van der Waals surface area contributed by atoms with Crippen molar-refractivity contribution in [3.8, 4) is 0 Å². The minimum Gasteiger partial charge on any atom is -0.394 e. The van der Waals surface area contributed by atoms with Gasteiger partial charge in [0, 0.05) is 12.4 Å². The van der Waals surface area contributed by atoms with E-state index in [-0.39, 0.29) is 24.5 Å². The molecule has 0 fully saturated rings. The Kier molecular flexibility index (Phi) is 4.24. The second kappa shape index (κ2) is 5.46. The SMILES string of the molecule is CC(C)C(CO)NC(=O)c1cccnc1. The molecule has 0 bridgehead atoms. The molecule has 82 valence electrons. The third kappa shape index (κ3) is 3.32. The largest absolute Gasteiger partial charge is 0.394 e.